The van der Waals surface area contributed by atoms with Crippen LogP contribution in [0.15, 0.2) is 0 Å². The molecule has 2 fully saturated rings. The smallest absolute Gasteiger partial charge is 0.407 e. The average Bonchev–Trinajstić information content (AvgIpc) is 3.31. The van der Waals surface area contributed by atoms with Gasteiger partial charge in [-0.3, -0.25) is 47.9 Å². The molecule has 0 saturated carbocycles. The Kier molecular flexibility index (Phi) is 29.6. The minimum atomic E-state index is -1.43. The summed E-state index contributed by atoms with van der Waals surface area (Å²) in [5.74, 6) is -6.47. The highest BCUT2D eigenvalue weighted by atomic mass is 16.7. The van der Waals surface area contributed by atoms with E-state index in [0.717, 1.165) is 41.5 Å². The molecule has 31 nitrogen and oxygen atoms in total. The van der Waals surface area contributed by atoms with Crippen LogP contribution < -0.4 is 31.9 Å². The molecule has 2 saturated heterocycles. The Bertz CT molecular complexity index is 1860. The molecule has 6 amide bonds. The lowest BCUT2D eigenvalue weighted by molar-refractivity contribution is -0.277. The topological polar surface area (TPSA) is 408 Å². The number of aliphatic hydroxyl groups is 1. The van der Waals surface area contributed by atoms with Gasteiger partial charge in [0.1, 0.15) is 56.8 Å². The van der Waals surface area contributed by atoms with Crippen molar-refractivity contribution in [3.8, 4) is 0 Å². The third-order valence-electron chi connectivity index (χ3n) is 10.0. The number of hydrogen-bond acceptors (Lipinski definition) is 25. The van der Waals surface area contributed by atoms with Crippen LogP contribution in [0, 0.1) is 0 Å². The second-order valence-electron chi connectivity index (χ2n) is 16.8. The Hall–Kier alpha value is -6.96. The average molecular weight is 1100 g/mol. The molecule has 0 aromatic carbocycles. The molecule has 0 unspecified atom stereocenters. The molecule has 0 bridgehead atoms. The second-order valence-corrected chi connectivity index (χ2v) is 16.8. The van der Waals surface area contributed by atoms with Crippen LogP contribution in [-0.2, 0) is 105 Å². The van der Waals surface area contributed by atoms with Gasteiger partial charge in [-0.1, -0.05) is 0 Å². The third-order valence-corrected chi connectivity index (χ3v) is 10.0. The van der Waals surface area contributed by atoms with Gasteiger partial charge in [0.15, 0.2) is 37.0 Å². The van der Waals surface area contributed by atoms with E-state index >= 15 is 0 Å². The zero-order valence-electron chi connectivity index (χ0n) is 43.5. The highest BCUT2D eigenvalue weighted by molar-refractivity contribution is 5.78. The maximum Gasteiger partial charge on any atom is 0.407 e. The van der Waals surface area contributed by atoms with Crippen molar-refractivity contribution in [1.29, 1.82) is 0 Å². The Morgan fingerprint density at radius 1 is 0.447 bits per heavy atom. The molecule has 430 valence electrons. The highest BCUT2D eigenvalue weighted by Crippen LogP contribution is 2.29. The fourth-order valence-electron chi connectivity index (χ4n) is 7.09. The van der Waals surface area contributed by atoms with E-state index < -0.39 is 165 Å². The van der Waals surface area contributed by atoms with Gasteiger partial charge in [0.05, 0.1) is 13.2 Å². The first-order valence-electron chi connectivity index (χ1n) is 23.9. The molecular formula is C45H70N6O25. The lowest BCUT2D eigenvalue weighted by atomic mass is 9.96. The van der Waals surface area contributed by atoms with Crippen molar-refractivity contribution in [2.75, 3.05) is 65.8 Å². The van der Waals surface area contributed by atoms with Crippen LogP contribution in [0.5, 0.6) is 0 Å². The summed E-state index contributed by atoms with van der Waals surface area (Å²) in [5, 5.41) is 25.1. The summed E-state index contributed by atoms with van der Waals surface area (Å²) in [6, 6.07) is -2.34. The van der Waals surface area contributed by atoms with Gasteiger partial charge < -0.3 is 93.8 Å². The molecule has 0 aromatic heterocycles. The number of alkyl carbamates (subject to hydrolysis) is 2. The predicted octanol–water partition coefficient (Wildman–Crippen LogP) is -3.06. The van der Waals surface area contributed by atoms with Crippen molar-refractivity contribution in [2.45, 2.75) is 148 Å². The summed E-state index contributed by atoms with van der Waals surface area (Å²) in [6.45, 7) is 6.82. The molecule has 10 atom stereocenters. The summed E-state index contributed by atoms with van der Waals surface area (Å²) in [7, 11) is 0. The van der Waals surface area contributed by atoms with E-state index in [0.29, 0.717) is 0 Å². The van der Waals surface area contributed by atoms with Gasteiger partial charge >= 0.3 is 48.0 Å². The van der Waals surface area contributed by atoms with Gasteiger partial charge in [-0.25, -0.2) is 9.59 Å². The number of aliphatic hydroxyl groups excluding tert-OH is 1. The van der Waals surface area contributed by atoms with Gasteiger partial charge in [-0.15, -0.1) is 0 Å². The maximum absolute atomic E-state index is 12.4. The molecule has 76 heavy (non-hydrogen) atoms. The van der Waals surface area contributed by atoms with Crippen LogP contribution in [-0.4, -0.2) is 210 Å². The minimum Gasteiger partial charge on any atom is -0.463 e. The molecule has 0 spiro atoms. The van der Waals surface area contributed by atoms with Crippen LogP contribution in [0.1, 0.15) is 81.1 Å². The van der Waals surface area contributed by atoms with E-state index in [4.69, 9.17) is 56.8 Å². The predicted molar refractivity (Wildman–Crippen MR) is 249 cm³/mol. The standard InChI is InChI=1S/C45H70N6O25/c1-23(52)50-36-40(73-29(7)58)38(71-27(5)56)32(21-67-25(3)54)75-42(36)65-17-9-13-46-34(61)11-15-48-44(63)69-19-31(60)20-70-45(64)49-16-12-35(62)47-14-10-18-66-43-37(51-24(2)53)41(74-30(8)59)39(72-28(6)57)33(76-43)22-68-26(4)55/h31-33,36-43,60H,9-22H2,1-8H3,(H,46,61)(H,47,62)(H,48,63)(H,49,64)(H,50,52)(H,51,53)/t32-,33-,36-,37-,38+,39+,40-,41-,42-,43-/m1/s1. The Balaban J connectivity index is 1.68. The van der Waals surface area contributed by atoms with E-state index in [1.54, 1.807) is 0 Å². The molecule has 2 aliphatic rings. The van der Waals surface area contributed by atoms with Gasteiger partial charge in [-0.2, -0.15) is 0 Å². The maximum atomic E-state index is 12.4. The van der Waals surface area contributed by atoms with Crippen molar-refractivity contribution in [3.05, 3.63) is 0 Å². The fraction of sp³-hybridized carbons (Fsp3) is 0.733. The molecule has 0 radical (unpaired) electrons. The monoisotopic (exact) mass is 1090 g/mol. The van der Waals surface area contributed by atoms with Crippen molar-refractivity contribution >= 4 is 71.6 Å². The summed E-state index contributed by atoms with van der Waals surface area (Å²) in [5.41, 5.74) is 0. The number of carbonyl (C=O) groups is 12. The van der Waals surface area contributed by atoms with Crippen LogP contribution in [0.2, 0.25) is 0 Å². The number of carbonyl (C=O) groups excluding carboxylic acids is 12. The minimum absolute atomic E-state index is 0.0670. The van der Waals surface area contributed by atoms with Crippen LogP contribution in [0.25, 0.3) is 0 Å². The summed E-state index contributed by atoms with van der Waals surface area (Å²) >= 11 is 0. The van der Waals surface area contributed by atoms with Crippen molar-refractivity contribution in [2.24, 2.45) is 0 Å². The molecule has 7 N–H and O–H groups in total. The molecule has 2 heterocycles. The zero-order chi connectivity index (χ0) is 56.9. The van der Waals surface area contributed by atoms with Crippen LogP contribution >= 0.6 is 0 Å². The fourth-order valence-corrected chi connectivity index (χ4v) is 7.09. The van der Waals surface area contributed by atoms with E-state index in [1.165, 1.54) is 13.8 Å². The first-order chi connectivity index (χ1) is 35.9. The van der Waals surface area contributed by atoms with E-state index in [-0.39, 0.29) is 65.1 Å². The second kappa shape index (κ2) is 34.6. The van der Waals surface area contributed by atoms with Gasteiger partial charge in [0.25, 0.3) is 0 Å². The lowest BCUT2D eigenvalue weighted by Gasteiger charge is -2.44. The number of esters is 6. The highest BCUT2D eigenvalue weighted by Gasteiger charge is 2.52. The van der Waals surface area contributed by atoms with Crippen molar-refractivity contribution in [3.63, 3.8) is 0 Å². The first kappa shape index (κ1) is 65.2. The SMILES string of the molecule is CC(=O)N[C@H]1[C@H](OCCCNC(=O)CCNC(=O)OCC(O)COC(=O)NCCC(=O)NCCCO[C@@H]2O[C@H](COC(C)=O)[C@H](OC(C)=O)[C@H](OC(C)=O)[C@H]2NC(C)=O)O[C@H](COC(C)=O)[C@H](OC(C)=O)[C@@H]1OC(C)=O. The van der Waals surface area contributed by atoms with E-state index in [2.05, 4.69) is 31.9 Å². The Morgan fingerprint density at radius 2 is 0.789 bits per heavy atom. The number of nitrogens with one attached hydrogen (secondary N) is 6. The van der Waals surface area contributed by atoms with Crippen molar-refractivity contribution < 1.29 is 119 Å². The van der Waals surface area contributed by atoms with E-state index in [1.807, 2.05) is 0 Å². The quantitative estimate of drug-likeness (QED) is 0.0213. The van der Waals surface area contributed by atoms with Crippen LogP contribution in [0.3, 0.4) is 0 Å². The number of amides is 6. The molecule has 2 aliphatic heterocycles. The molecule has 31 heteroatoms. The number of hydrogen-bond donors (Lipinski definition) is 7. The molecule has 2 rings (SSSR count). The Morgan fingerprint density at radius 3 is 1.11 bits per heavy atom. The zero-order valence-corrected chi connectivity index (χ0v) is 43.5. The van der Waals surface area contributed by atoms with E-state index in [9.17, 15) is 62.6 Å². The van der Waals surface area contributed by atoms with Crippen molar-refractivity contribution in [1.82, 2.24) is 31.9 Å². The number of ether oxygens (including phenoxy) is 12. The normalized spacial score (nSPS) is 22.7. The molecule has 0 aliphatic carbocycles. The van der Waals surface area contributed by atoms with Crippen LogP contribution in [0.4, 0.5) is 9.59 Å². The third kappa shape index (κ3) is 26.5. The number of rotatable bonds is 30. The van der Waals surface area contributed by atoms with Gasteiger partial charge in [0, 0.05) is 94.4 Å². The first-order valence-corrected chi connectivity index (χ1v) is 23.9. The largest absolute Gasteiger partial charge is 0.463 e. The lowest BCUT2D eigenvalue weighted by Crippen LogP contribution is -2.66. The summed E-state index contributed by atoms with van der Waals surface area (Å²) in [4.78, 5) is 144. The summed E-state index contributed by atoms with van der Waals surface area (Å²) < 4.78 is 64.8. The molecule has 0 aromatic rings. The molecular weight excluding hydrogens is 1020 g/mol. The Labute approximate surface area is 436 Å². The summed E-state index contributed by atoms with van der Waals surface area (Å²) in [6.07, 6.45) is -13.4. The van der Waals surface area contributed by atoms with Gasteiger partial charge in [-0.05, 0) is 12.8 Å². The van der Waals surface area contributed by atoms with Gasteiger partial charge in [0.2, 0.25) is 23.6 Å².